The van der Waals surface area contributed by atoms with Crippen molar-refractivity contribution >= 4 is 23.2 Å². The van der Waals surface area contributed by atoms with Crippen molar-refractivity contribution in [2.45, 2.75) is 25.4 Å². The molecule has 0 atom stereocenters. The Morgan fingerprint density at radius 2 is 2.12 bits per heavy atom. The molecule has 0 radical (unpaired) electrons. The second-order valence-electron chi connectivity index (χ2n) is 5.64. The minimum absolute atomic E-state index is 0.0696. The second kappa shape index (κ2) is 6.53. The van der Waals surface area contributed by atoms with Crippen LogP contribution >= 0.6 is 11.6 Å². The van der Waals surface area contributed by atoms with Crippen molar-refractivity contribution < 1.29 is 9.18 Å². The molecule has 0 saturated heterocycles. The van der Waals surface area contributed by atoms with Crippen molar-refractivity contribution in [2.75, 3.05) is 5.32 Å². The van der Waals surface area contributed by atoms with Crippen molar-refractivity contribution in [3.8, 4) is 6.07 Å². The summed E-state index contributed by atoms with van der Waals surface area (Å²) < 4.78 is 15.6. The maximum Gasteiger partial charge on any atom is 0.331 e. The van der Waals surface area contributed by atoms with E-state index >= 15 is 0 Å². The van der Waals surface area contributed by atoms with Crippen LogP contribution in [0.25, 0.3) is 0 Å². The first-order valence-electron chi connectivity index (χ1n) is 7.41. The Hall–Kier alpha value is -2.92. The molecular formula is C16H12ClFN4O3. The van der Waals surface area contributed by atoms with Gasteiger partial charge in [-0.3, -0.25) is 14.2 Å². The van der Waals surface area contributed by atoms with Gasteiger partial charge in [0.2, 0.25) is 5.91 Å². The zero-order valence-corrected chi connectivity index (χ0v) is 13.6. The Kier molecular flexibility index (Phi) is 4.42. The fourth-order valence-corrected chi connectivity index (χ4v) is 2.55. The normalized spacial score (nSPS) is 13.3. The highest BCUT2D eigenvalue weighted by Gasteiger charge is 2.27. The second-order valence-corrected chi connectivity index (χ2v) is 6.08. The quantitative estimate of drug-likeness (QED) is 0.894. The molecule has 1 amide bonds. The Labute approximate surface area is 145 Å². The summed E-state index contributed by atoms with van der Waals surface area (Å²) in [4.78, 5) is 36.7. The predicted octanol–water partition coefficient (Wildman–Crippen LogP) is 1.65. The monoisotopic (exact) mass is 362 g/mol. The molecule has 0 aliphatic heterocycles. The molecule has 1 aliphatic carbocycles. The van der Waals surface area contributed by atoms with Gasteiger partial charge in [0.1, 0.15) is 24.0 Å². The van der Waals surface area contributed by atoms with Gasteiger partial charge in [0, 0.05) is 17.3 Å². The van der Waals surface area contributed by atoms with Gasteiger partial charge >= 0.3 is 5.69 Å². The van der Waals surface area contributed by atoms with E-state index in [9.17, 15) is 18.8 Å². The average molecular weight is 363 g/mol. The summed E-state index contributed by atoms with van der Waals surface area (Å²) >= 11 is 5.75. The van der Waals surface area contributed by atoms with E-state index in [0.717, 1.165) is 18.9 Å². The first-order valence-corrected chi connectivity index (χ1v) is 7.79. The lowest BCUT2D eigenvalue weighted by atomic mass is 10.3. The van der Waals surface area contributed by atoms with E-state index in [-0.39, 0.29) is 22.3 Å². The number of halogens is 2. The first-order chi connectivity index (χ1) is 11.9. The van der Waals surface area contributed by atoms with Crippen molar-refractivity contribution in [1.29, 1.82) is 5.26 Å². The number of anilines is 1. The van der Waals surface area contributed by atoms with Gasteiger partial charge in [0.05, 0.1) is 5.69 Å². The lowest BCUT2D eigenvalue weighted by Gasteiger charge is -2.11. The Bertz CT molecular complexity index is 1020. The molecule has 1 aromatic heterocycles. The summed E-state index contributed by atoms with van der Waals surface area (Å²) in [5, 5.41) is 11.5. The number of hydrogen-bond acceptors (Lipinski definition) is 4. The fourth-order valence-electron chi connectivity index (χ4n) is 2.38. The van der Waals surface area contributed by atoms with Gasteiger partial charge in [-0.1, -0.05) is 11.6 Å². The van der Waals surface area contributed by atoms with Gasteiger partial charge < -0.3 is 5.32 Å². The van der Waals surface area contributed by atoms with E-state index in [0.29, 0.717) is 4.57 Å². The molecule has 1 N–H and O–H groups in total. The van der Waals surface area contributed by atoms with Gasteiger partial charge in [-0.25, -0.2) is 13.8 Å². The third-order valence-corrected chi connectivity index (χ3v) is 4.00. The van der Waals surface area contributed by atoms with Crippen LogP contribution in [-0.4, -0.2) is 15.0 Å². The number of carbonyl (C=O) groups excluding carboxylic acids is 1. The maximum atomic E-state index is 13.7. The van der Waals surface area contributed by atoms with Gasteiger partial charge in [0.15, 0.2) is 0 Å². The largest absolute Gasteiger partial charge is 0.331 e. The van der Waals surface area contributed by atoms with E-state index < -0.39 is 29.5 Å². The fraction of sp³-hybridized carbons (Fsp3) is 0.250. The molecule has 2 aromatic rings. The standard InChI is InChI=1S/C16H12ClFN4O3/c17-10-1-4-12(18)13(5-10)20-14(23)8-22-15(24)9(6-19)7-21(16(22)25)11-2-3-11/h1,4-5,7,11H,2-3,8H2,(H,20,23). The maximum absolute atomic E-state index is 13.7. The molecule has 9 heteroatoms. The summed E-state index contributed by atoms with van der Waals surface area (Å²) in [5.41, 5.74) is -1.92. The summed E-state index contributed by atoms with van der Waals surface area (Å²) in [5.74, 6) is -1.48. The highest BCUT2D eigenvalue weighted by atomic mass is 35.5. The number of hydrogen-bond donors (Lipinski definition) is 1. The zero-order valence-electron chi connectivity index (χ0n) is 12.8. The minimum Gasteiger partial charge on any atom is -0.322 e. The molecule has 0 bridgehead atoms. The smallest absolute Gasteiger partial charge is 0.322 e. The van der Waals surface area contributed by atoms with E-state index in [1.165, 1.54) is 22.9 Å². The van der Waals surface area contributed by atoms with Crippen LogP contribution in [0.15, 0.2) is 34.0 Å². The number of carbonyl (C=O) groups is 1. The Morgan fingerprint density at radius 3 is 2.76 bits per heavy atom. The van der Waals surface area contributed by atoms with Crippen LogP contribution < -0.4 is 16.6 Å². The molecule has 3 rings (SSSR count). The Balaban J connectivity index is 1.92. The molecule has 1 saturated carbocycles. The number of aromatic nitrogens is 2. The lowest BCUT2D eigenvalue weighted by Crippen LogP contribution is -2.43. The molecule has 0 unspecified atom stereocenters. The molecule has 7 nitrogen and oxygen atoms in total. The summed E-state index contributed by atoms with van der Waals surface area (Å²) in [6, 6.07) is 5.27. The van der Waals surface area contributed by atoms with Gasteiger partial charge in [-0.2, -0.15) is 5.26 Å². The van der Waals surface area contributed by atoms with Crippen molar-refractivity contribution in [3.05, 3.63) is 61.6 Å². The summed E-state index contributed by atoms with van der Waals surface area (Å²) in [6.07, 6.45) is 2.75. The number of rotatable bonds is 4. The van der Waals surface area contributed by atoms with Crippen molar-refractivity contribution in [1.82, 2.24) is 9.13 Å². The minimum atomic E-state index is -0.855. The SMILES string of the molecule is N#Cc1cn(C2CC2)c(=O)n(CC(=O)Nc2cc(Cl)ccc2F)c1=O. The molecular weight excluding hydrogens is 351 g/mol. The van der Waals surface area contributed by atoms with Gasteiger partial charge in [-0.05, 0) is 31.0 Å². The summed E-state index contributed by atoms with van der Waals surface area (Å²) in [6.45, 7) is -0.633. The summed E-state index contributed by atoms with van der Waals surface area (Å²) in [7, 11) is 0. The van der Waals surface area contributed by atoms with Crippen LogP contribution in [0.5, 0.6) is 0 Å². The number of nitrogens with zero attached hydrogens (tertiary/aromatic N) is 3. The number of nitrogens with one attached hydrogen (secondary N) is 1. The highest BCUT2D eigenvalue weighted by molar-refractivity contribution is 6.30. The van der Waals surface area contributed by atoms with Gasteiger partial charge in [0.25, 0.3) is 5.56 Å². The van der Waals surface area contributed by atoms with E-state index in [1.54, 1.807) is 6.07 Å². The third-order valence-electron chi connectivity index (χ3n) is 3.76. The topological polar surface area (TPSA) is 96.9 Å². The van der Waals surface area contributed by atoms with Crippen LogP contribution in [0, 0.1) is 17.1 Å². The molecule has 1 heterocycles. The number of amides is 1. The molecule has 1 aromatic carbocycles. The van der Waals surface area contributed by atoms with Crippen molar-refractivity contribution in [3.63, 3.8) is 0 Å². The predicted molar refractivity (Wildman–Crippen MR) is 88.0 cm³/mol. The molecule has 1 aliphatic rings. The van der Waals surface area contributed by atoms with Crippen LogP contribution in [-0.2, 0) is 11.3 Å². The van der Waals surface area contributed by atoms with Crippen molar-refractivity contribution in [2.24, 2.45) is 0 Å². The third kappa shape index (κ3) is 3.46. The van der Waals surface area contributed by atoms with E-state index in [2.05, 4.69) is 5.32 Å². The van der Waals surface area contributed by atoms with Crippen LogP contribution in [0.1, 0.15) is 24.4 Å². The zero-order chi connectivity index (χ0) is 18.1. The lowest BCUT2D eigenvalue weighted by molar-refractivity contribution is -0.116. The molecule has 25 heavy (non-hydrogen) atoms. The highest BCUT2D eigenvalue weighted by Crippen LogP contribution is 2.33. The van der Waals surface area contributed by atoms with E-state index in [1.807, 2.05) is 0 Å². The van der Waals surface area contributed by atoms with Crippen LogP contribution in [0.4, 0.5) is 10.1 Å². The average Bonchev–Trinajstić information content (AvgIpc) is 3.40. The van der Waals surface area contributed by atoms with E-state index in [4.69, 9.17) is 16.9 Å². The molecule has 0 spiro atoms. The number of benzene rings is 1. The van der Waals surface area contributed by atoms with Crippen LogP contribution in [0.3, 0.4) is 0 Å². The number of nitriles is 1. The Morgan fingerprint density at radius 1 is 1.40 bits per heavy atom. The van der Waals surface area contributed by atoms with Gasteiger partial charge in [-0.15, -0.1) is 0 Å². The first kappa shape index (κ1) is 16.9. The molecule has 128 valence electrons. The van der Waals surface area contributed by atoms with Crippen LogP contribution in [0.2, 0.25) is 5.02 Å². The molecule has 1 fully saturated rings.